The minimum absolute atomic E-state index is 0.197. The van der Waals surface area contributed by atoms with E-state index >= 15 is 0 Å². The molecule has 0 aliphatic carbocycles. The maximum atomic E-state index is 12.3. The predicted molar refractivity (Wildman–Crippen MR) is 116 cm³/mol. The number of hydrogen-bond donors (Lipinski definition) is 1. The lowest BCUT2D eigenvalue weighted by Crippen LogP contribution is -2.28. The molecule has 6 heteroatoms. The van der Waals surface area contributed by atoms with E-state index in [9.17, 15) is 4.79 Å². The highest BCUT2D eigenvalue weighted by atomic mass is 16.1. The fourth-order valence-electron chi connectivity index (χ4n) is 2.94. The first-order valence-electron chi connectivity index (χ1n) is 9.75. The van der Waals surface area contributed by atoms with Gasteiger partial charge in [-0.25, -0.2) is 9.97 Å². The van der Waals surface area contributed by atoms with Gasteiger partial charge in [-0.05, 0) is 44.8 Å². The Hall–Kier alpha value is -3.25. The Bertz CT molecular complexity index is 882. The summed E-state index contributed by atoms with van der Waals surface area (Å²) in [5.74, 6) is 0.501. The number of nitrogens with zero attached hydrogens (tertiary/aromatic N) is 4. The van der Waals surface area contributed by atoms with Crippen LogP contribution in [0, 0.1) is 0 Å². The maximum Gasteiger partial charge on any atom is 0.271 e. The zero-order valence-electron chi connectivity index (χ0n) is 17.0. The molecule has 6 nitrogen and oxygen atoms in total. The van der Waals surface area contributed by atoms with Gasteiger partial charge in [0, 0.05) is 18.8 Å². The minimum atomic E-state index is -0.197. The molecule has 0 atom stereocenters. The molecule has 0 bridgehead atoms. The third-order valence-electron chi connectivity index (χ3n) is 4.47. The average Bonchev–Trinajstić information content (AvgIpc) is 2.76. The second kappa shape index (κ2) is 10.3. The molecule has 0 spiro atoms. The number of carbonyl (C=O) groups excluding carboxylic acids is 1. The van der Waals surface area contributed by atoms with Gasteiger partial charge >= 0.3 is 0 Å². The lowest BCUT2D eigenvalue weighted by molar-refractivity contribution is 0.0947. The Balaban J connectivity index is 1.72. The third kappa shape index (κ3) is 6.12. The predicted octanol–water partition coefficient (Wildman–Crippen LogP) is 3.50. The van der Waals surface area contributed by atoms with Crippen molar-refractivity contribution in [2.45, 2.75) is 13.0 Å². The van der Waals surface area contributed by atoms with Gasteiger partial charge in [-0.15, -0.1) is 0 Å². The van der Waals surface area contributed by atoms with Crippen molar-refractivity contribution in [2.75, 3.05) is 32.1 Å². The van der Waals surface area contributed by atoms with Crippen LogP contribution in [0.25, 0.3) is 0 Å². The van der Waals surface area contributed by atoms with Crippen molar-refractivity contribution >= 4 is 17.4 Å². The molecule has 1 amide bonds. The highest BCUT2D eigenvalue weighted by Crippen LogP contribution is 2.25. The van der Waals surface area contributed by atoms with Crippen LogP contribution in [0.5, 0.6) is 0 Å². The van der Waals surface area contributed by atoms with Gasteiger partial charge < -0.3 is 15.1 Å². The molecule has 3 aromatic rings. The van der Waals surface area contributed by atoms with Gasteiger partial charge in [0.2, 0.25) is 0 Å². The number of benzene rings is 2. The number of para-hydroxylation sites is 1. The van der Waals surface area contributed by atoms with E-state index in [1.165, 1.54) is 11.8 Å². The summed E-state index contributed by atoms with van der Waals surface area (Å²) >= 11 is 0. The highest BCUT2D eigenvalue weighted by Gasteiger charge is 2.14. The van der Waals surface area contributed by atoms with E-state index in [2.05, 4.69) is 37.2 Å². The smallest absolute Gasteiger partial charge is 0.271 e. The van der Waals surface area contributed by atoms with E-state index in [1.807, 2.05) is 62.6 Å². The highest BCUT2D eigenvalue weighted by molar-refractivity contribution is 5.92. The van der Waals surface area contributed by atoms with Crippen LogP contribution in [0.4, 0.5) is 11.5 Å². The van der Waals surface area contributed by atoms with Crippen molar-refractivity contribution in [1.82, 2.24) is 20.2 Å². The molecule has 0 radical (unpaired) electrons. The van der Waals surface area contributed by atoms with Crippen LogP contribution in [-0.4, -0.2) is 48.0 Å². The normalized spacial score (nSPS) is 10.7. The lowest BCUT2D eigenvalue weighted by Gasteiger charge is -2.23. The molecule has 0 aliphatic rings. The van der Waals surface area contributed by atoms with E-state index in [-0.39, 0.29) is 5.91 Å². The minimum Gasteiger partial charge on any atom is -0.351 e. The first-order chi connectivity index (χ1) is 14.1. The van der Waals surface area contributed by atoms with Crippen LogP contribution in [0.15, 0.2) is 73.1 Å². The molecule has 2 aromatic carbocycles. The molecule has 150 valence electrons. The molecule has 1 N–H and O–H groups in total. The maximum absolute atomic E-state index is 12.3. The first-order valence-corrected chi connectivity index (χ1v) is 9.75. The summed E-state index contributed by atoms with van der Waals surface area (Å²) in [6.45, 7) is 2.20. The van der Waals surface area contributed by atoms with Crippen LogP contribution < -0.4 is 10.2 Å². The topological polar surface area (TPSA) is 61.4 Å². The van der Waals surface area contributed by atoms with Crippen molar-refractivity contribution in [1.29, 1.82) is 0 Å². The van der Waals surface area contributed by atoms with E-state index in [0.717, 1.165) is 18.7 Å². The van der Waals surface area contributed by atoms with Crippen molar-refractivity contribution in [3.8, 4) is 0 Å². The number of amides is 1. The second-order valence-electron chi connectivity index (χ2n) is 7.08. The van der Waals surface area contributed by atoms with Gasteiger partial charge in [-0.3, -0.25) is 4.79 Å². The van der Waals surface area contributed by atoms with E-state index in [1.54, 1.807) is 6.20 Å². The van der Waals surface area contributed by atoms with Crippen LogP contribution in [0.3, 0.4) is 0 Å². The third-order valence-corrected chi connectivity index (χ3v) is 4.47. The number of hydrogen-bond acceptors (Lipinski definition) is 5. The molecule has 0 saturated carbocycles. The molecule has 1 aromatic heterocycles. The van der Waals surface area contributed by atoms with Crippen LogP contribution in [0.1, 0.15) is 22.5 Å². The van der Waals surface area contributed by atoms with E-state index in [0.29, 0.717) is 24.6 Å². The van der Waals surface area contributed by atoms with Gasteiger partial charge in [0.05, 0.1) is 12.4 Å². The number of rotatable bonds is 9. The largest absolute Gasteiger partial charge is 0.351 e. The Morgan fingerprint density at radius 3 is 2.24 bits per heavy atom. The Morgan fingerprint density at radius 2 is 1.62 bits per heavy atom. The van der Waals surface area contributed by atoms with Gasteiger partial charge in [-0.1, -0.05) is 48.5 Å². The quantitative estimate of drug-likeness (QED) is 0.568. The fourth-order valence-corrected chi connectivity index (χ4v) is 2.94. The summed E-state index contributed by atoms with van der Waals surface area (Å²) < 4.78 is 0. The van der Waals surface area contributed by atoms with Crippen molar-refractivity contribution < 1.29 is 4.79 Å². The van der Waals surface area contributed by atoms with Gasteiger partial charge in [0.25, 0.3) is 5.91 Å². The molecular formula is C23H27N5O. The number of nitrogens with one attached hydrogen (secondary N) is 1. The monoisotopic (exact) mass is 389 g/mol. The standard InChI is InChI=1S/C23H27N5O/c1-27(2)15-9-14-24-23(29)21-16-26-22(17-25-21)28(20-12-7-4-8-13-20)18-19-10-5-3-6-11-19/h3-8,10-13,16-17H,9,14-15,18H2,1-2H3,(H,24,29). The molecule has 3 rings (SSSR count). The fraction of sp³-hybridized carbons (Fsp3) is 0.261. The van der Waals surface area contributed by atoms with E-state index < -0.39 is 0 Å². The molecule has 1 heterocycles. The summed E-state index contributed by atoms with van der Waals surface area (Å²) in [6.07, 6.45) is 4.09. The van der Waals surface area contributed by atoms with Crippen LogP contribution in [-0.2, 0) is 6.54 Å². The van der Waals surface area contributed by atoms with Gasteiger partial charge in [-0.2, -0.15) is 0 Å². The lowest BCUT2D eigenvalue weighted by atomic mass is 10.2. The average molecular weight is 390 g/mol. The molecule has 0 unspecified atom stereocenters. The summed E-state index contributed by atoms with van der Waals surface area (Å²) in [7, 11) is 4.03. The molecule has 29 heavy (non-hydrogen) atoms. The zero-order chi connectivity index (χ0) is 20.5. The van der Waals surface area contributed by atoms with Crippen molar-refractivity contribution in [2.24, 2.45) is 0 Å². The summed E-state index contributed by atoms with van der Waals surface area (Å²) in [6, 6.07) is 20.3. The van der Waals surface area contributed by atoms with Gasteiger partial charge in [0.15, 0.2) is 5.82 Å². The molecule has 0 aliphatic heterocycles. The van der Waals surface area contributed by atoms with Crippen molar-refractivity contribution in [3.63, 3.8) is 0 Å². The Kier molecular flexibility index (Phi) is 7.30. The number of anilines is 2. The molecule has 0 saturated heterocycles. The summed E-state index contributed by atoms with van der Waals surface area (Å²) in [5.41, 5.74) is 2.51. The summed E-state index contributed by atoms with van der Waals surface area (Å²) in [5, 5.41) is 2.89. The Labute approximate surface area is 172 Å². The SMILES string of the molecule is CN(C)CCCNC(=O)c1cnc(N(Cc2ccccc2)c2ccccc2)cn1. The Morgan fingerprint density at radius 1 is 0.931 bits per heavy atom. The van der Waals surface area contributed by atoms with Crippen LogP contribution >= 0.6 is 0 Å². The number of aromatic nitrogens is 2. The van der Waals surface area contributed by atoms with Gasteiger partial charge in [0.1, 0.15) is 5.69 Å². The first kappa shape index (κ1) is 20.5. The summed E-state index contributed by atoms with van der Waals surface area (Å²) in [4.78, 5) is 25.3. The second-order valence-corrected chi connectivity index (χ2v) is 7.08. The van der Waals surface area contributed by atoms with E-state index in [4.69, 9.17) is 0 Å². The van der Waals surface area contributed by atoms with Crippen molar-refractivity contribution in [3.05, 3.63) is 84.3 Å². The molecule has 0 fully saturated rings. The number of carbonyl (C=O) groups is 1. The molecular weight excluding hydrogens is 362 g/mol. The van der Waals surface area contributed by atoms with Crippen LogP contribution in [0.2, 0.25) is 0 Å². The zero-order valence-corrected chi connectivity index (χ0v) is 17.0.